The third-order valence-corrected chi connectivity index (χ3v) is 4.01. The number of hydrogen-bond donors (Lipinski definition) is 1. The average molecular weight is 287 g/mol. The van der Waals surface area contributed by atoms with Gasteiger partial charge < -0.3 is 24.8 Å². The SMILES string of the molecule is NCC1COCCN1c1nccc2cc3c(cc12)OCO3. The van der Waals surface area contributed by atoms with Crippen LogP contribution in [0.1, 0.15) is 0 Å². The van der Waals surface area contributed by atoms with Crippen LogP contribution in [0.25, 0.3) is 10.8 Å². The van der Waals surface area contributed by atoms with Crippen molar-refractivity contribution in [3.8, 4) is 11.5 Å². The molecule has 1 unspecified atom stereocenters. The van der Waals surface area contributed by atoms with Crippen molar-refractivity contribution in [2.75, 3.05) is 38.0 Å². The summed E-state index contributed by atoms with van der Waals surface area (Å²) in [5.74, 6) is 2.50. The fourth-order valence-corrected chi connectivity index (χ4v) is 2.90. The van der Waals surface area contributed by atoms with Gasteiger partial charge in [-0.2, -0.15) is 0 Å². The molecule has 2 aliphatic rings. The second-order valence-electron chi connectivity index (χ2n) is 5.22. The van der Waals surface area contributed by atoms with Gasteiger partial charge in [0.1, 0.15) is 5.82 Å². The summed E-state index contributed by atoms with van der Waals surface area (Å²) in [6.07, 6.45) is 1.82. The molecule has 110 valence electrons. The van der Waals surface area contributed by atoms with Crippen LogP contribution in [0.3, 0.4) is 0 Å². The largest absolute Gasteiger partial charge is 0.454 e. The molecule has 3 heterocycles. The van der Waals surface area contributed by atoms with E-state index in [1.807, 2.05) is 24.4 Å². The topological polar surface area (TPSA) is 69.8 Å². The standard InChI is InChI=1S/C15H17N3O3/c16-7-11-8-19-4-3-18(11)15-12-6-14-13(20-9-21-14)5-10(12)1-2-17-15/h1-2,5-6,11H,3-4,7-9,16H2. The van der Waals surface area contributed by atoms with E-state index in [1.54, 1.807) is 0 Å². The van der Waals surface area contributed by atoms with Crippen LogP contribution in [0, 0.1) is 0 Å². The van der Waals surface area contributed by atoms with E-state index in [4.69, 9.17) is 19.9 Å². The predicted octanol–water partition coefficient (Wildman–Crippen LogP) is 1.13. The van der Waals surface area contributed by atoms with Crippen LogP contribution in [0.15, 0.2) is 24.4 Å². The zero-order valence-electron chi connectivity index (χ0n) is 11.6. The molecule has 1 aromatic carbocycles. The molecule has 0 aliphatic carbocycles. The summed E-state index contributed by atoms with van der Waals surface area (Å²) in [6, 6.07) is 6.14. The van der Waals surface area contributed by atoms with Gasteiger partial charge in [-0.05, 0) is 23.6 Å². The predicted molar refractivity (Wildman–Crippen MR) is 78.9 cm³/mol. The number of benzene rings is 1. The fourth-order valence-electron chi connectivity index (χ4n) is 2.90. The number of ether oxygens (including phenoxy) is 3. The molecule has 1 aromatic heterocycles. The molecule has 0 amide bonds. The summed E-state index contributed by atoms with van der Waals surface area (Å²) in [5, 5.41) is 2.15. The Kier molecular flexibility index (Phi) is 3.05. The number of nitrogens with two attached hydrogens (primary N) is 1. The molecule has 1 atom stereocenters. The summed E-state index contributed by atoms with van der Waals surface area (Å²) in [7, 11) is 0. The number of aromatic nitrogens is 1. The van der Waals surface area contributed by atoms with Crippen LogP contribution in [0.4, 0.5) is 5.82 Å². The van der Waals surface area contributed by atoms with E-state index in [0.29, 0.717) is 19.8 Å². The van der Waals surface area contributed by atoms with Gasteiger partial charge in [0.2, 0.25) is 6.79 Å². The third-order valence-electron chi connectivity index (χ3n) is 4.01. The Morgan fingerprint density at radius 3 is 3.00 bits per heavy atom. The van der Waals surface area contributed by atoms with Gasteiger partial charge in [0.25, 0.3) is 0 Å². The smallest absolute Gasteiger partial charge is 0.231 e. The highest BCUT2D eigenvalue weighted by atomic mass is 16.7. The molecule has 2 aliphatic heterocycles. The van der Waals surface area contributed by atoms with Crippen molar-refractivity contribution < 1.29 is 14.2 Å². The number of hydrogen-bond acceptors (Lipinski definition) is 6. The van der Waals surface area contributed by atoms with Crippen molar-refractivity contribution in [1.29, 1.82) is 0 Å². The van der Waals surface area contributed by atoms with E-state index in [0.717, 1.165) is 34.6 Å². The van der Waals surface area contributed by atoms with Gasteiger partial charge in [0.15, 0.2) is 11.5 Å². The first-order valence-electron chi connectivity index (χ1n) is 7.09. The van der Waals surface area contributed by atoms with Gasteiger partial charge in [-0.15, -0.1) is 0 Å². The number of fused-ring (bicyclic) bond motifs is 2. The quantitative estimate of drug-likeness (QED) is 0.893. The van der Waals surface area contributed by atoms with E-state index >= 15 is 0 Å². The maximum atomic E-state index is 5.87. The minimum atomic E-state index is 0.155. The molecule has 0 bridgehead atoms. The molecule has 0 radical (unpaired) electrons. The van der Waals surface area contributed by atoms with E-state index < -0.39 is 0 Å². The number of rotatable bonds is 2. The summed E-state index contributed by atoms with van der Waals surface area (Å²) < 4.78 is 16.4. The van der Waals surface area contributed by atoms with Crippen LogP contribution in [-0.4, -0.2) is 44.1 Å². The molecule has 4 rings (SSSR count). The maximum absolute atomic E-state index is 5.87. The van der Waals surface area contributed by atoms with Crippen LogP contribution < -0.4 is 20.1 Å². The minimum Gasteiger partial charge on any atom is -0.454 e. The van der Waals surface area contributed by atoms with Crippen molar-refractivity contribution in [2.24, 2.45) is 5.73 Å². The van der Waals surface area contributed by atoms with Gasteiger partial charge in [-0.25, -0.2) is 4.98 Å². The van der Waals surface area contributed by atoms with Gasteiger partial charge in [0, 0.05) is 24.7 Å². The van der Waals surface area contributed by atoms with Crippen molar-refractivity contribution in [3.05, 3.63) is 24.4 Å². The lowest BCUT2D eigenvalue weighted by Crippen LogP contribution is -2.49. The molecule has 1 saturated heterocycles. The third kappa shape index (κ3) is 2.07. The second-order valence-corrected chi connectivity index (χ2v) is 5.22. The second kappa shape index (κ2) is 5.05. The van der Waals surface area contributed by atoms with Crippen LogP contribution in [0.5, 0.6) is 11.5 Å². The first-order chi connectivity index (χ1) is 10.4. The summed E-state index contributed by atoms with van der Waals surface area (Å²) in [6.45, 7) is 2.95. The molecule has 2 N–H and O–H groups in total. The van der Waals surface area contributed by atoms with E-state index in [9.17, 15) is 0 Å². The van der Waals surface area contributed by atoms with Gasteiger partial charge in [-0.3, -0.25) is 0 Å². The Bertz CT molecular complexity index is 677. The van der Waals surface area contributed by atoms with Crippen molar-refractivity contribution in [1.82, 2.24) is 4.98 Å². The lowest BCUT2D eigenvalue weighted by molar-refractivity contribution is 0.0960. The zero-order valence-corrected chi connectivity index (χ0v) is 11.6. The molecule has 1 fully saturated rings. The highest BCUT2D eigenvalue weighted by molar-refractivity contribution is 5.95. The Morgan fingerprint density at radius 1 is 1.29 bits per heavy atom. The summed E-state index contributed by atoms with van der Waals surface area (Å²) in [5.41, 5.74) is 5.87. The molecule has 6 nitrogen and oxygen atoms in total. The Labute approximate surface area is 122 Å². The van der Waals surface area contributed by atoms with Crippen LogP contribution in [0.2, 0.25) is 0 Å². The van der Waals surface area contributed by atoms with E-state index in [-0.39, 0.29) is 12.8 Å². The Morgan fingerprint density at radius 2 is 2.14 bits per heavy atom. The number of anilines is 1. The van der Waals surface area contributed by atoms with Crippen molar-refractivity contribution >= 4 is 16.6 Å². The van der Waals surface area contributed by atoms with Gasteiger partial charge in [0.05, 0.1) is 19.3 Å². The number of nitrogens with zero attached hydrogens (tertiary/aromatic N) is 2. The van der Waals surface area contributed by atoms with E-state index in [1.165, 1.54) is 0 Å². The average Bonchev–Trinajstić information content (AvgIpc) is 2.99. The fraction of sp³-hybridized carbons (Fsp3) is 0.400. The molecule has 0 spiro atoms. The van der Waals surface area contributed by atoms with Crippen LogP contribution in [-0.2, 0) is 4.74 Å². The number of morpholine rings is 1. The molecule has 6 heteroatoms. The maximum Gasteiger partial charge on any atom is 0.231 e. The first kappa shape index (κ1) is 12.7. The lowest BCUT2D eigenvalue weighted by Gasteiger charge is -2.36. The Hall–Kier alpha value is -2.05. The highest BCUT2D eigenvalue weighted by Crippen LogP contribution is 2.39. The normalized spacial score (nSPS) is 21.0. The molecular formula is C15H17N3O3. The lowest BCUT2D eigenvalue weighted by atomic mass is 10.1. The van der Waals surface area contributed by atoms with Crippen molar-refractivity contribution in [2.45, 2.75) is 6.04 Å². The minimum absolute atomic E-state index is 0.155. The molecule has 21 heavy (non-hydrogen) atoms. The van der Waals surface area contributed by atoms with Crippen LogP contribution >= 0.6 is 0 Å². The summed E-state index contributed by atoms with van der Waals surface area (Å²) >= 11 is 0. The van der Waals surface area contributed by atoms with Gasteiger partial charge in [-0.1, -0.05) is 0 Å². The van der Waals surface area contributed by atoms with Gasteiger partial charge >= 0.3 is 0 Å². The van der Waals surface area contributed by atoms with E-state index in [2.05, 4.69) is 9.88 Å². The Balaban J connectivity index is 1.84. The molecular weight excluding hydrogens is 270 g/mol. The zero-order chi connectivity index (χ0) is 14.2. The van der Waals surface area contributed by atoms with Crippen molar-refractivity contribution in [3.63, 3.8) is 0 Å². The monoisotopic (exact) mass is 287 g/mol. The molecule has 2 aromatic rings. The highest BCUT2D eigenvalue weighted by Gasteiger charge is 2.25. The summed E-state index contributed by atoms with van der Waals surface area (Å²) in [4.78, 5) is 6.80. The first-order valence-corrected chi connectivity index (χ1v) is 7.09. The number of pyridine rings is 1. The molecule has 0 saturated carbocycles.